The Balaban J connectivity index is 1.92. The van der Waals surface area contributed by atoms with Crippen molar-refractivity contribution in [3.8, 4) is 0 Å². The summed E-state index contributed by atoms with van der Waals surface area (Å²) in [4.78, 5) is 28.2. The van der Waals surface area contributed by atoms with E-state index >= 15 is 0 Å². The smallest absolute Gasteiger partial charge is 0.247 e. The van der Waals surface area contributed by atoms with Crippen molar-refractivity contribution in [2.75, 3.05) is 6.54 Å². The first kappa shape index (κ1) is 22.9. The molecule has 0 radical (unpaired) electrons. The van der Waals surface area contributed by atoms with Gasteiger partial charge in [-0.1, -0.05) is 78.9 Å². The Morgan fingerprint density at radius 3 is 2.16 bits per heavy atom. The molecule has 0 saturated carbocycles. The number of amides is 2. The first-order valence-electron chi connectivity index (χ1n) is 10.6. The number of benzene rings is 3. The zero-order valence-electron chi connectivity index (χ0n) is 17.9. The summed E-state index contributed by atoms with van der Waals surface area (Å²) in [6, 6.07) is 24.1. The van der Waals surface area contributed by atoms with Crippen LogP contribution < -0.4 is 5.32 Å². The Morgan fingerprint density at radius 2 is 1.53 bits per heavy atom. The van der Waals surface area contributed by atoms with Crippen LogP contribution in [0, 0.1) is 5.82 Å². The van der Waals surface area contributed by atoms with E-state index in [1.165, 1.54) is 12.1 Å². The molecule has 3 aromatic rings. The maximum Gasteiger partial charge on any atom is 0.247 e. The van der Waals surface area contributed by atoms with Crippen molar-refractivity contribution in [1.82, 2.24) is 10.2 Å². The Labute approximate surface area is 188 Å². The summed E-state index contributed by atoms with van der Waals surface area (Å²) >= 11 is 0. The summed E-state index contributed by atoms with van der Waals surface area (Å²) in [7, 11) is 0. The largest absolute Gasteiger partial charge is 0.351 e. The second kappa shape index (κ2) is 11.6. The van der Waals surface area contributed by atoms with Gasteiger partial charge in [-0.15, -0.1) is 6.58 Å². The lowest BCUT2D eigenvalue weighted by Gasteiger charge is -2.31. The van der Waals surface area contributed by atoms with E-state index in [4.69, 9.17) is 0 Å². The summed E-state index contributed by atoms with van der Waals surface area (Å²) in [5.74, 6) is -0.786. The third-order valence-electron chi connectivity index (χ3n) is 5.15. The van der Waals surface area contributed by atoms with Crippen LogP contribution in [-0.4, -0.2) is 23.3 Å². The van der Waals surface area contributed by atoms with Gasteiger partial charge in [-0.05, 0) is 35.2 Å². The lowest BCUT2D eigenvalue weighted by atomic mass is 10.0. The van der Waals surface area contributed by atoms with Crippen LogP contribution in [0.4, 0.5) is 4.39 Å². The zero-order valence-corrected chi connectivity index (χ0v) is 17.9. The minimum absolute atomic E-state index is 0.152. The Bertz CT molecular complexity index is 1020. The maximum absolute atomic E-state index is 13.4. The van der Waals surface area contributed by atoms with E-state index in [2.05, 4.69) is 11.9 Å². The van der Waals surface area contributed by atoms with Gasteiger partial charge in [-0.2, -0.15) is 0 Å². The van der Waals surface area contributed by atoms with E-state index in [1.807, 2.05) is 60.7 Å². The lowest BCUT2D eigenvalue weighted by Crippen LogP contribution is -2.43. The predicted octanol–water partition coefficient (Wildman–Crippen LogP) is 4.83. The van der Waals surface area contributed by atoms with Gasteiger partial charge in [0.15, 0.2) is 0 Å². The SMILES string of the molecule is C=CCNC(=O)C(c1ccccc1)N(Cc1ccc(F)cc1)C(=O)CCc1ccccc1. The molecule has 0 heterocycles. The van der Waals surface area contributed by atoms with E-state index in [-0.39, 0.29) is 30.6 Å². The quantitative estimate of drug-likeness (QED) is 0.469. The molecule has 0 aliphatic carbocycles. The average Bonchev–Trinajstić information content (AvgIpc) is 2.83. The molecule has 2 amide bonds. The van der Waals surface area contributed by atoms with Crippen molar-refractivity contribution in [3.63, 3.8) is 0 Å². The van der Waals surface area contributed by atoms with Gasteiger partial charge in [0.1, 0.15) is 11.9 Å². The molecular weight excluding hydrogens is 403 g/mol. The highest BCUT2D eigenvalue weighted by molar-refractivity contribution is 5.89. The number of nitrogens with zero attached hydrogens (tertiary/aromatic N) is 1. The minimum atomic E-state index is -0.815. The van der Waals surface area contributed by atoms with Crippen molar-refractivity contribution in [3.05, 3.63) is 120 Å². The van der Waals surface area contributed by atoms with Crippen molar-refractivity contribution in [2.24, 2.45) is 0 Å². The highest BCUT2D eigenvalue weighted by atomic mass is 19.1. The fourth-order valence-corrected chi connectivity index (χ4v) is 3.53. The van der Waals surface area contributed by atoms with Crippen LogP contribution in [0.5, 0.6) is 0 Å². The van der Waals surface area contributed by atoms with Gasteiger partial charge < -0.3 is 10.2 Å². The van der Waals surface area contributed by atoms with Crippen molar-refractivity contribution in [1.29, 1.82) is 0 Å². The molecule has 4 nitrogen and oxygen atoms in total. The van der Waals surface area contributed by atoms with Gasteiger partial charge >= 0.3 is 0 Å². The number of carbonyl (C=O) groups is 2. The molecule has 0 aromatic heterocycles. The molecule has 0 aliphatic rings. The zero-order chi connectivity index (χ0) is 22.8. The van der Waals surface area contributed by atoms with E-state index in [1.54, 1.807) is 23.1 Å². The van der Waals surface area contributed by atoms with Crippen LogP contribution in [0.1, 0.15) is 29.2 Å². The topological polar surface area (TPSA) is 49.4 Å². The van der Waals surface area contributed by atoms with E-state index in [0.717, 1.165) is 11.1 Å². The fraction of sp³-hybridized carbons (Fsp3) is 0.185. The number of aryl methyl sites for hydroxylation is 1. The van der Waals surface area contributed by atoms with Gasteiger partial charge in [0, 0.05) is 19.5 Å². The normalized spacial score (nSPS) is 11.4. The molecule has 3 rings (SSSR count). The van der Waals surface area contributed by atoms with Crippen molar-refractivity contribution in [2.45, 2.75) is 25.4 Å². The number of hydrogen-bond acceptors (Lipinski definition) is 2. The molecule has 1 atom stereocenters. The molecule has 0 spiro atoms. The third kappa shape index (κ3) is 6.38. The molecular formula is C27H27FN2O2. The van der Waals surface area contributed by atoms with E-state index in [0.29, 0.717) is 18.5 Å². The highest BCUT2D eigenvalue weighted by Gasteiger charge is 2.31. The van der Waals surface area contributed by atoms with Crippen LogP contribution in [0.2, 0.25) is 0 Å². The number of carbonyl (C=O) groups excluding carboxylic acids is 2. The highest BCUT2D eigenvalue weighted by Crippen LogP contribution is 2.25. The summed E-state index contributed by atoms with van der Waals surface area (Å²) in [5, 5.41) is 2.82. The summed E-state index contributed by atoms with van der Waals surface area (Å²) in [6.07, 6.45) is 2.42. The second-order valence-corrected chi connectivity index (χ2v) is 7.48. The Hall–Kier alpha value is -3.73. The monoisotopic (exact) mass is 430 g/mol. The molecule has 5 heteroatoms. The molecule has 3 aromatic carbocycles. The molecule has 0 bridgehead atoms. The van der Waals surface area contributed by atoms with Crippen LogP contribution in [-0.2, 0) is 22.6 Å². The fourth-order valence-electron chi connectivity index (χ4n) is 3.53. The first-order valence-corrected chi connectivity index (χ1v) is 10.6. The molecule has 0 saturated heterocycles. The molecule has 32 heavy (non-hydrogen) atoms. The van der Waals surface area contributed by atoms with Crippen molar-refractivity contribution >= 4 is 11.8 Å². The van der Waals surface area contributed by atoms with Crippen LogP contribution in [0.25, 0.3) is 0 Å². The Kier molecular flexibility index (Phi) is 8.32. The molecule has 164 valence electrons. The lowest BCUT2D eigenvalue weighted by molar-refractivity contribution is -0.141. The first-order chi connectivity index (χ1) is 15.6. The van der Waals surface area contributed by atoms with Crippen molar-refractivity contribution < 1.29 is 14.0 Å². The van der Waals surface area contributed by atoms with Gasteiger partial charge in [0.25, 0.3) is 0 Å². The number of nitrogens with one attached hydrogen (secondary N) is 1. The molecule has 1 unspecified atom stereocenters. The predicted molar refractivity (Wildman–Crippen MR) is 124 cm³/mol. The summed E-state index contributed by atoms with van der Waals surface area (Å²) < 4.78 is 13.4. The number of hydrogen-bond donors (Lipinski definition) is 1. The molecule has 0 aliphatic heterocycles. The standard InChI is InChI=1S/C27H27FN2O2/c1-2-19-29-27(32)26(23-11-7-4-8-12-23)30(20-22-13-16-24(28)17-14-22)25(31)18-15-21-9-5-3-6-10-21/h2-14,16-17,26H,1,15,18-20H2,(H,29,32). The number of rotatable bonds is 10. The van der Waals surface area contributed by atoms with Crippen LogP contribution >= 0.6 is 0 Å². The minimum Gasteiger partial charge on any atom is -0.351 e. The summed E-state index contributed by atoms with van der Waals surface area (Å²) in [6.45, 7) is 4.14. The Morgan fingerprint density at radius 1 is 0.906 bits per heavy atom. The van der Waals surface area contributed by atoms with Crippen LogP contribution in [0.15, 0.2) is 97.6 Å². The maximum atomic E-state index is 13.4. The molecule has 0 fully saturated rings. The molecule has 1 N–H and O–H groups in total. The van der Waals surface area contributed by atoms with Gasteiger partial charge in [-0.3, -0.25) is 9.59 Å². The van der Waals surface area contributed by atoms with Gasteiger partial charge in [0.05, 0.1) is 0 Å². The number of halogens is 1. The van der Waals surface area contributed by atoms with Gasteiger partial charge in [0.2, 0.25) is 11.8 Å². The van der Waals surface area contributed by atoms with E-state index < -0.39 is 6.04 Å². The van der Waals surface area contributed by atoms with E-state index in [9.17, 15) is 14.0 Å². The average molecular weight is 431 g/mol. The summed E-state index contributed by atoms with van der Waals surface area (Å²) in [5.41, 5.74) is 2.51. The van der Waals surface area contributed by atoms with Gasteiger partial charge in [-0.25, -0.2) is 4.39 Å². The van der Waals surface area contributed by atoms with Crippen LogP contribution in [0.3, 0.4) is 0 Å². The third-order valence-corrected chi connectivity index (χ3v) is 5.15. The second-order valence-electron chi connectivity index (χ2n) is 7.48.